The summed E-state index contributed by atoms with van der Waals surface area (Å²) in [6, 6.07) is 10.6. The molecule has 0 aliphatic rings. The minimum absolute atomic E-state index is 0. The lowest BCUT2D eigenvalue weighted by molar-refractivity contribution is 0.128. The van der Waals surface area contributed by atoms with Gasteiger partial charge in [-0.3, -0.25) is 4.99 Å². The first kappa shape index (κ1) is 21.2. The van der Waals surface area contributed by atoms with Crippen LogP contribution >= 0.6 is 24.0 Å². The van der Waals surface area contributed by atoms with Crippen molar-refractivity contribution in [3.05, 3.63) is 35.9 Å². The summed E-state index contributed by atoms with van der Waals surface area (Å²) >= 11 is 0. The van der Waals surface area contributed by atoms with Crippen LogP contribution in [-0.4, -0.2) is 31.7 Å². The molecule has 1 rings (SSSR count). The van der Waals surface area contributed by atoms with Crippen LogP contribution in [0.5, 0.6) is 0 Å². The summed E-state index contributed by atoms with van der Waals surface area (Å²) in [4.78, 5) is 4.54. The lowest BCUT2D eigenvalue weighted by atomic mass is 10.1. The van der Waals surface area contributed by atoms with E-state index in [2.05, 4.69) is 55.5 Å². The van der Waals surface area contributed by atoms with Gasteiger partial charge >= 0.3 is 0 Å². The van der Waals surface area contributed by atoms with Gasteiger partial charge in [-0.05, 0) is 25.3 Å². The fourth-order valence-electron chi connectivity index (χ4n) is 1.69. The Labute approximate surface area is 152 Å². The molecule has 1 atom stereocenters. The van der Waals surface area contributed by atoms with E-state index in [0.29, 0.717) is 31.7 Å². The van der Waals surface area contributed by atoms with Gasteiger partial charge in [-0.1, -0.05) is 44.2 Å². The molecule has 0 fully saturated rings. The minimum atomic E-state index is 0. The molecule has 1 aromatic rings. The molecule has 126 valence electrons. The zero-order chi connectivity index (χ0) is 15.5. The van der Waals surface area contributed by atoms with Crippen molar-refractivity contribution in [1.29, 1.82) is 0 Å². The van der Waals surface area contributed by atoms with Crippen molar-refractivity contribution in [3.63, 3.8) is 0 Å². The maximum Gasteiger partial charge on any atom is 0.191 e. The van der Waals surface area contributed by atoms with E-state index in [1.807, 2.05) is 18.2 Å². The highest BCUT2D eigenvalue weighted by Crippen LogP contribution is 2.00. The van der Waals surface area contributed by atoms with Crippen LogP contribution in [0.3, 0.4) is 0 Å². The van der Waals surface area contributed by atoms with E-state index in [1.165, 1.54) is 5.56 Å². The number of nitrogens with zero attached hydrogens (tertiary/aromatic N) is 1. The van der Waals surface area contributed by atoms with Gasteiger partial charge in [0.1, 0.15) is 0 Å². The third kappa shape index (κ3) is 9.25. The zero-order valence-electron chi connectivity index (χ0n) is 14.1. The topological polar surface area (TPSA) is 45.7 Å². The molecule has 0 saturated heterocycles. The Bertz CT molecular complexity index is 410. The Hall–Kier alpha value is -0.820. The van der Waals surface area contributed by atoms with E-state index in [-0.39, 0.29) is 24.0 Å². The first-order valence-corrected chi connectivity index (χ1v) is 7.80. The van der Waals surface area contributed by atoms with Crippen LogP contribution in [-0.2, 0) is 11.3 Å². The monoisotopic (exact) mass is 419 g/mol. The molecular weight excluding hydrogens is 389 g/mol. The molecular formula is C17H30IN3O. The van der Waals surface area contributed by atoms with E-state index in [0.717, 1.165) is 12.5 Å². The molecule has 4 nitrogen and oxygen atoms in total. The van der Waals surface area contributed by atoms with Crippen molar-refractivity contribution in [1.82, 2.24) is 10.6 Å². The molecule has 1 aromatic carbocycles. The zero-order valence-corrected chi connectivity index (χ0v) is 16.5. The van der Waals surface area contributed by atoms with Gasteiger partial charge in [0.15, 0.2) is 5.96 Å². The van der Waals surface area contributed by atoms with Gasteiger partial charge in [-0.25, -0.2) is 0 Å². The molecule has 0 radical (unpaired) electrons. The first-order chi connectivity index (χ1) is 10.1. The summed E-state index contributed by atoms with van der Waals surface area (Å²) in [6.45, 7) is 11.4. The first-order valence-electron chi connectivity index (χ1n) is 7.80. The lowest BCUT2D eigenvalue weighted by Crippen LogP contribution is -2.44. The van der Waals surface area contributed by atoms with Gasteiger partial charge in [0, 0.05) is 12.6 Å². The van der Waals surface area contributed by atoms with Crippen LogP contribution in [0.2, 0.25) is 0 Å². The smallest absolute Gasteiger partial charge is 0.191 e. The summed E-state index contributed by atoms with van der Waals surface area (Å²) in [7, 11) is 0. The average Bonchev–Trinajstić information content (AvgIpc) is 2.48. The normalized spacial score (nSPS) is 12.7. The Morgan fingerprint density at radius 1 is 1.18 bits per heavy atom. The number of aliphatic imine (C=N–C) groups is 1. The fourth-order valence-corrected chi connectivity index (χ4v) is 1.69. The van der Waals surface area contributed by atoms with E-state index in [4.69, 9.17) is 4.74 Å². The van der Waals surface area contributed by atoms with Gasteiger partial charge in [-0.15, -0.1) is 24.0 Å². The molecule has 0 bridgehead atoms. The molecule has 0 aromatic heterocycles. The fraction of sp³-hybridized carbons (Fsp3) is 0.588. The summed E-state index contributed by atoms with van der Waals surface area (Å²) in [6.07, 6.45) is 0. The Kier molecular flexibility index (Phi) is 12.2. The number of nitrogens with one attached hydrogen (secondary N) is 2. The summed E-state index contributed by atoms with van der Waals surface area (Å²) in [5, 5.41) is 6.67. The van der Waals surface area contributed by atoms with Gasteiger partial charge in [0.25, 0.3) is 0 Å². The molecule has 0 aliphatic carbocycles. The van der Waals surface area contributed by atoms with Crippen LogP contribution < -0.4 is 10.6 Å². The molecule has 5 heteroatoms. The molecule has 0 heterocycles. The molecule has 0 saturated carbocycles. The SMILES string of the molecule is CCNC(=NCCOCc1ccccc1)NC(C)C(C)C.I. The van der Waals surface area contributed by atoms with Crippen molar-refractivity contribution in [2.24, 2.45) is 10.9 Å². The van der Waals surface area contributed by atoms with Crippen molar-refractivity contribution >= 4 is 29.9 Å². The quantitative estimate of drug-likeness (QED) is 0.294. The summed E-state index contributed by atoms with van der Waals surface area (Å²) in [5.41, 5.74) is 1.19. The third-order valence-electron chi connectivity index (χ3n) is 3.33. The van der Waals surface area contributed by atoms with Crippen LogP contribution in [0.15, 0.2) is 35.3 Å². The Morgan fingerprint density at radius 2 is 1.86 bits per heavy atom. The highest BCUT2D eigenvalue weighted by atomic mass is 127. The van der Waals surface area contributed by atoms with Crippen molar-refractivity contribution in [2.45, 2.75) is 40.3 Å². The second kappa shape index (κ2) is 12.7. The van der Waals surface area contributed by atoms with Gasteiger partial charge in [0.05, 0.1) is 19.8 Å². The van der Waals surface area contributed by atoms with Crippen LogP contribution in [0.4, 0.5) is 0 Å². The molecule has 22 heavy (non-hydrogen) atoms. The van der Waals surface area contributed by atoms with Crippen LogP contribution in [0.1, 0.15) is 33.3 Å². The average molecular weight is 419 g/mol. The number of hydrogen-bond acceptors (Lipinski definition) is 2. The minimum Gasteiger partial charge on any atom is -0.375 e. The van der Waals surface area contributed by atoms with Crippen molar-refractivity contribution in [3.8, 4) is 0 Å². The number of rotatable bonds is 8. The van der Waals surface area contributed by atoms with Crippen LogP contribution in [0, 0.1) is 5.92 Å². The number of hydrogen-bond donors (Lipinski definition) is 2. The van der Waals surface area contributed by atoms with E-state index >= 15 is 0 Å². The van der Waals surface area contributed by atoms with Crippen molar-refractivity contribution in [2.75, 3.05) is 19.7 Å². The molecule has 1 unspecified atom stereocenters. The van der Waals surface area contributed by atoms with E-state index in [1.54, 1.807) is 0 Å². The largest absolute Gasteiger partial charge is 0.375 e. The van der Waals surface area contributed by atoms with Gasteiger partial charge in [0.2, 0.25) is 0 Å². The Balaban J connectivity index is 0.00000441. The molecule has 2 N–H and O–H groups in total. The summed E-state index contributed by atoms with van der Waals surface area (Å²) in [5.74, 6) is 1.44. The Morgan fingerprint density at radius 3 is 2.45 bits per heavy atom. The van der Waals surface area contributed by atoms with Gasteiger partial charge in [-0.2, -0.15) is 0 Å². The molecule has 0 amide bonds. The number of halogens is 1. The second-order valence-electron chi connectivity index (χ2n) is 5.48. The van der Waals surface area contributed by atoms with E-state index < -0.39 is 0 Å². The predicted octanol–water partition coefficient (Wildman–Crippen LogP) is 3.42. The second-order valence-corrected chi connectivity index (χ2v) is 5.48. The highest BCUT2D eigenvalue weighted by Gasteiger charge is 2.08. The standard InChI is InChI=1S/C17H29N3O.HI/c1-5-18-17(20-15(4)14(2)3)19-11-12-21-13-16-9-7-6-8-10-16;/h6-10,14-15H,5,11-13H2,1-4H3,(H2,18,19,20);1H. The third-order valence-corrected chi connectivity index (χ3v) is 3.33. The molecule has 0 aliphatic heterocycles. The predicted molar refractivity (Wildman–Crippen MR) is 105 cm³/mol. The molecule has 0 spiro atoms. The number of guanidine groups is 1. The van der Waals surface area contributed by atoms with E-state index in [9.17, 15) is 0 Å². The number of benzene rings is 1. The highest BCUT2D eigenvalue weighted by molar-refractivity contribution is 14.0. The lowest BCUT2D eigenvalue weighted by Gasteiger charge is -2.20. The van der Waals surface area contributed by atoms with Crippen molar-refractivity contribution < 1.29 is 4.74 Å². The summed E-state index contributed by atoms with van der Waals surface area (Å²) < 4.78 is 5.64. The maximum atomic E-state index is 5.64. The van der Waals surface area contributed by atoms with Gasteiger partial charge < -0.3 is 15.4 Å². The number of ether oxygens (including phenoxy) is 1. The maximum absolute atomic E-state index is 5.64. The van der Waals surface area contributed by atoms with Crippen LogP contribution in [0.25, 0.3) is 0 Å².